The molecule has 5 heteroatoms. The molecule has 0 bridgehead atoms. The van der Waals surface area contributed by atoms with Gasteiger partial charge in [-0.3, -0.25) is 0 Å². The second-order valence-electron chi connectivity index (χ2n) is 5.16. The van der Waals surface area contributed by atoms with Gasteiger partial charge in [0.15, 0.2) is 0 Å². The molecule has 1 aromatic carbocycles. The van der Waals surface area contributed by atoms with E-state index < -0.39 is 0 Å². The van der Waals surface area contributed by atoms with Crippen LogP contribution in [0, 0.1) is 0 Å². The second-order valence-corrected chi connectivity index (χ2v) is 7.21. The Kier molecular flexibility index (Phi) is 6.89. The van der Waals surface area contributed by atoms with Crippen molar-refractivity contribution < 1.29 is 28.5 Å². The monoisotopic (exact) mass is 444 g/mol. The van der Waals surface area contributed by atoms with E-state index in [0.29, 0.717) is 0 Å². The number of thioether (sulfide) groups is 2. The van der Waals surface area contributed by atoms with Crippen LogP contribution < -0.4 is 28.5 Å². The number of aryl methyl sites for hydroxylation is 1. The molecule has 0 unspecified atom stereocenters. The van der Waals surface area contributed by atoms with Crippen molar-refractivity contribution in [2.45, 2.75) is 0 Å². The van der Waals surface area contributed by atoms with Gasteiger partial charge in [0.25, 0.3) is 0 Å². The Hall–Kier alpha value is -0.400. The number of hydrogen-bond donors (Lipinski definition) is 0. The minimum absolute atomic E-state index is 0. The molecule has 0 atom stereocenters. The minimum atomic E-state index is 0. The lowest BCUT2D eigenvalue weighted by Gasteiger charge is -2.29. The van der Waals surface area contributed by atoms with Crippen LogP contribution in [0.25, 0.3) is 17.0 Å². The van der Waals surface area contributed by atoms with Crippen LogP contribution in [-0.2, 0) is 7.05 Å². The highest BCUT2D eigenvalue weighted by atomic mass is 127. The van der Waals surface area contributed by atoms with Crippen molar-refractivity contribution in [3.8, 4) is 0 Å². The summed E-state index contributed by atoms with van der Waals surface area (Å²) in [6, 6.07) is 13.0. The molecule has 0 aliphatic carbocycles. The summed E-state index contributed by atoms with van der Waals surface area (Å²) < 4.78 is 2.28. The van der Waals surface area contributed by atoms with Gasteiger partial charge in [-0.1, -0.05) is 12.1 Å². The predicted molar refractivity (Wildman–Crippen MR) is 95.5 cm³/mol. The van der Waals surface area contributed by atoms with Crippen LogP contribution in [0.4, 0.5) is 0 Å². The summed E-state index contributed by atoms with van der Waals surface area (Å²) in [5.74, 6) is 2.48. The first-order valence-electron chi connectivity index (χ1n) is 7.26. The van der Waals surface area contributed by atoms with E-state index in [1.165, 1.54) is 33.1 Å². The molecule has 0 amide bonds. The molecule has 1 saturated heterocycles. The van der Waals surface area contributed by atoms with Crippen molar-refractivity contribution in [3.63, 3.8) is 0 Å². The van der Waals surface area contributed by atoms with Crippen LogP contribution in [0.15, 0.2) is 41.4 Å². The topological polar surface area (TPSA) is 7.12 Å². The summed E-state index contributed by atoms with van der Waals surface area (Å²) in [5, 5.41) is 2.67. The summed E-state index contributed by atoms with van der Waals surface area (Å²) in [5.41, 5.74) is 2.54. The van der Waals surface area contributed by atoms with Crippen LogP contribution in [-0.4, -0.2) is 35.8 Å². The third-order valence-electron chi connectivity index (χ3n) is 3.92. The van der Waals surface area contributed by atoms with Crippen molar-refractivity contribution in [1.29, 1.82) is 0 Å². The molecular formula is C17H21IN2S2. The Bertz CT molecular complexity index is 667. The van der Waals surface area contributed by atoms with E-state index in [4.69, 9.17) is 0 Å². The fourth-order valence-corrected chi connectivity index (χ4v) is 4.28. The molecular weight excluding hydrogens is 423 g/mol. The molecule has 0 spiro atoms. The van der Waals surface area contributed by atoms with Crippen molar-refractivity contribution >= 4 is 40.5 Å². The van der Waals surface area contributed by atoms with Gasteiger partial charge in [-0.05, 0) is 18.4 Å². The average molecular weight is 444 g/mol. The first-order valence-corrected chi connectivity index (χ1v) is 9.64. The van der Waals surface area contributed by atoms with Crippen molar-refractivity contribution in [1.82, 2.24) is 4.90 Å². The number of fused-ring (bicyclic) bond motifs is 1. The van der Waals surface area contributed by atoms with Gasteiger partial charge < -0.3 is 28.9 Å². The van der Waals surface area contributed by atoms with Crippen LogP contribution in [0.3, 0.4) is 0 Å². The molecule has 1 aliphatic heterocycles. The second kappa shape index (κ2) is 8.45. The third kappa shape index (κ3) is 3.92. The molecule has 3 rings (SSSR count). The Morgan fingerprint density at radius 1 is 1.18 bits per heavy atom. The summed E-state index contributed by atoms with van der Waals surface area (Å²) in [6.07, 6.45) is 4.50. The summed E-state index contributed by atoms with van der Waals surface area (Å²) in [4.78, 5) is 2.51. The SMILES string of the molecule is CS/C(=C/c1ccc2ccccc2[n+]1C)N1CCSCC1.[I-]. The van der Waals surface area contributed by atoms with Crippen LogP contribution in [0.5, 0.6) is 0 Å². The molecule has 2 heterocycles. The maximum atomic E-state index is 2.51. The minimum Gasteiger partial charge on any atom is -1.00 e. The first-order chi connectivity index (χ1) is 10.3. The Morgan fingerprint density at radius 2 is 1.91 bits per heavy atom. The number of aromatic nitrogens is 1. The average Bonchev–Trinajstić information content (AvgIpc) is 2.55. The number of benzene rings is 1. The Labute approximate surface area is 158 Å². The molecule has 1 fully saturated rings. The smallest absolute Gasteiger partial charge is 0.212 e. The summed E-state index contributed by atoms with van der Waals surface area (Å²) in [7, 11) is 2.15. The Balaban J connectivity index is 0.00000176. The quantitative estimate of drug-likeness (QED) is 0.500. The molecule has 1 aromatic heterocycles. The molecule has 0 saturated carbocycles. The van der Waals surface area contributed by atoms with E-state index in [1.54, 1.807) is 0 Å². The van der Waals surface area contributed by atoms with Crippen LogP contribution in [0.1, 0.15) is 5.69 Å². The number of para-hydroxylation sites is 1. The zero-order valence-electron chi connectivity index (χ0n) is 13.0. The van der Waals surface area contributed by atoms with Crippen molar-refractivity contribution in [3.05, 3.63) is 47.1 Å². The van der Waals surface area contributed by atoms with Crippen molar-refractivity contribution in [2.24, 2.45) is 7.05 Å². The highest BCUT2D eigenvalue weighted by molar-refractivity contribution is 8.02. The van der Waals surface area contributed by atoms with E-state index in [1.807, 2.05) is 11.8 Å². The van der Waals surface area contributed by atoms with Crippen LogP contribution in [0.2, 0.25) is 0 Å². The summed E-state index contributed by atoms with van der Waals surface area (Å²) in [6.45, 7) is 2.32. The third-order valence-corrected chi connectivity index (χ3v) is 5.66. The standard InChI is InChI=1S/C17H21N2S2.HI/c1-18-15(8-7-14-5-3-4-6-16(14)18)13-17(20-2)19-9-11-21-12-10-19;/h3-8,13H,9-12H2,1-2H3;1H/q+1;/p-1. The van der Waals surface area contributed by atoms with Gasteiger partial charge >= 0.3 is 0 Å². The predicted octanol–water partition coefficient (Wildman–Crippen LogP) is 0.378. The zero-order valence-corrected chi connectivity index (χ0v) is 16.7. The van der Waals surface area contributed by atoms with Crippen LogP contribution >= 0.6 is 23.5 Å². The lowest BCUT2D eigenvalue weighted by molar-refractivity contribution is -0.646. The number of halogens is 1. The van der Waals surface area contributed by atoms with E-state index in [-0.39, 0.29) is 24.0 Å². The molecule has 118 valence electrons. The molecule has 0 N–H and O–H groups in total. The number of pyridine rings is 1. The van der Waals surface area contributed by atoms with Gasteiger partial charge in [-0.25, -0.2) is 0 Å². The molecule has 2 nitrogen and oxygen atoms in total. The van der Waals surface area contributed by atoms with Crippen molar-refractivity contribution in [2.75, 3.05) is 30.9 Å². The lowest BCUT2D eigenvalue weighted by atomic mass is 10.2. The van der Waals surface area contributed by atoms with Gasteiger partial charge in [-0.15, -0.1) is 11.8 Å². The maximum absolute atomic E-state index is 2.51. The highest BCUT2D eigenvalue weighted by Crippen LogP contribution is 2.24. The van der Waals surface area contributed by atoms with Gasteiger partial charge in [0.1, 0.15) is 7.05 Å². The lowest BCUT2D eigenvalue weighted by Crippen LogP contribution is -3.00. The maximum Gasteiger partial charge on any atom is 0.212 e. The zero-order chi connectivity index (χ0) is 14.7. The van der Waals surface area contributed by atoms with Gasteiger partial charge in [-0.2, -0.15) is 16.3 Å². The molecule has 2 aromatic rings. The first kappa shape index (κ1) is 17.9. The fraction of sp³-hybridized carbons (Fsp3) is 0.353. The largest absolute Gasteiger partial charge is 1.00 e. The highest BCUT2D eigenvalue weighted by Gasteiger charge is 2.16. The van der Waals surface area contributed by atoms with E-state index >= 15 is 0 Å². The van der Waals surface area contributed by atoms with E-state index in [0.717, 1.165) is 13.1 Å². The number of rotatable bonds is 3. The normalized spacial score (nSPS) is 15.7. The van der Waals surface area contributed by atoms with Gasteiger partial charge in [0.2, 0.25) is 11.2 Å². The van der Waals surface area contributed by atoms with E-state index in [2.05, 4.69) is 77.0 Å². The van der Waals surface area contributed by atoms with E-state index in [9.17, 15) is 0 Å². The Morgan fingerprint density at radius 3 is 2.64 bits per heavy atom. The van der Waals surface area contributed by atoms with Gasteiger partial charge in [0.05, 0.1) is 5.03 Å². The fourth-order valence-electron chi connectivity index (χ4n) is 2.69. The summed E-state index contributed by atoms with van der Waals surface area (Å²) >= 11 is 3.90. The number of nitrogens with zero attached hydrogens (tertiary/aromatic N) is 2. The molecule has 1 aliphatic rings. The molecule has 22 heavy (non-hydrogen) atoms. The molecule has 0 radical (unpaired) electrons. The van der Waals surface area contributed by atoms with Gasteiger partial charge in [0, 0.05) is 48.2 Å². The number of hydrogen-bond acceptors (Lipinski definition) is 3.